The van der Waals surface area contributed by atoms with Crippen molar-refractivity contribution in [3.63, 3.8) is 0 Å². The SMILES string of the molecule is NNC(CC1CCOc2ccccc21)c1ccc(Br)o1. The van der Waals surface area contributed by atoms with Gasteiger partial charge in [-0.25, -0.2) is 5.43 Å². The number of hydrogen-bond donors (Lipinski definition) is 2. The molecule has 3 N–H and O–H groups in total. The zero-order chi connectivity index (χ0) is 13.9. The first-order valence-corrected chi connectivity index (χ1v) is 7.50. The molecule has 2 unspecified atom stereocenters. The van der Waals surface area contributed by atoms with E-state index in [0.29, 0.717) is 5.92 Å². The standard InChI is InChI=1S/C15H17BrN2O2/c16-15-6-5-14(20-15)12(18-17)9-10-7-8-19-13-4-2-1-3-11(10)13/h1-6,10,12,18H,7-9,17H2. The highest BCUT2D eigenvalue weighted by molar-refractivity contribution is 9.10. The Balaban J connectivity index is 1.80. The number of furan rings is 1. The first kappa shape index (κ1) is 13.7. The lowest BCUT2D eigenvalue weighted by Crippen LogP contribution is -2.30. The second kappa shape index (κ2) is 5.99. The summed E-state index contributed by atoms with van der Waals surface area (Å²) in [5.41, 5.74) is 4.11. The van der Waals surface area contributed by atoms with Crippen LogP contribution in [0.3, 0.4) is 0 Å². The van der Waals surface area contributed by atoms with Crippen LogP contribution < -0.4 is 16.0 Å². The van der Waals surface area contributed by atoms with Crippen molar-refractivity contribution in [2.24, 2.45) is 5.84 Å². The lowest BCUT2D eigenvalue weighted by molar-refractivity contribution is 0.250. The third-order valence-corrected chi connectivity index (χ3v) is 4.17. The Morgan fingerprint density at radius 2 is 2.15 bits per heavy atom. The van der Waals surface area contributed by atoms with E-state index in [1.54, 1.807) is 0 Å². The third kappa shape index (κ3) is 2.75. The fourth-order valence-electron chi connectivity index (χ4n) is 2.73. The van der Waals surface area contributed by atoms with Gasteiger partial charge >= 0.3 is 0 Å². The van der Waals surface area contributed by atoms with Gasteiger partial charge in [0.25, 0.3) is 0 Å². The Labute approximate surface area is 126 Å². The molecule has 5 heteroatoms. The number of benzene rings is 1. The molecule has 2 aromatic rings. The summed E-state index contributed by atoms with van der Waals surface area (Å²) in [6.07, 6.45) is 1.88. The van der Waals surface area contributed by atoms with E-state index >= 15 is 0 Å². The number of fused-ring (bicyclic) bond motifs is 1. The number of halogens is 1. The molecule has 2 atom stereocenters. The van der Waals surface area contributed by atoms with E-state index in [1.165, 1.54) is 5.56 Å². The number of nitrogens with two attached hydrogens (primary N) is 1. The fourth-order valence-corrected chi connectivity index (χ4v) is 3.05. The van der Waals surface area contributed by atoms with E-state index in [-0.39, 0.29) is 6.04 Å². The summed E-state index contributed by atoms with van der Waals surface area (Å²) >= 11 is 3.33. The Bertz CT molecular complexity index is 585. The summed E-state index contributed by atoms with van der Waals surface area (Å²) in [5, 5.41) is 0. The van der Waals surface area contributed by atoms with E-state index < -0.39 is 0 Å². The predicted molar refractivity (Wildman–Crippen MR) is 80.4 cm³/mol. The van der Waals surface area contributed by atoms with E-state index in [2.05, 4.69) is 33.5 Å². The lowest BCUT2D eigenvalue weighted by atomic mass is 9.87. The van der Waals surface area contributed by atoms with E-state index in [9.17, 15) is 0 Å². The molecule has 2 heterocycles. The summed E-state index contributed by atoms with van der Waals surface area (Å²) in [6, 6.07) is 12.0. The molecule has 0 saturated carbocycles. The van der Waals surface area contributed by atoms with Gasteiger partial charge in [0.2, 0.25) is 0 Å². The minimum atomic E-state index is -0.00236. The minimum absolute atomic E-state index is 0.00236. The molecule has 1 aliphatic rings. The van der Waals surface area contributed by atoms with Gasteiger partial charge in [0.15, 0.2) is 4.67 Å². The van der Waals surface area contributed by atoms with Crippen LogP contribution in [0.25, 0.3) is 0 Å². The number of rotatable bonds is 4. The molecule has 0 fully saturated rings. The normalized spacial score (nSPS) is 19.2. The maximum atomic E-state index is 5.70. The van der Waals surface area contributed by atoms with Gasteiger partial charge in [-0.3, -0.25) is 5.84 Å². The average molecular weight is 337 g/mol. The summed E-state index contributed by atoms with van der Waals surface area (Å²) < 4.78 is 12.0. The zero-order valence-corrected chi connectivity index (χ0v) is 12.6. The molecule has 4 nitrogen and oxygen atoms in total. The van der Waals surface area contributed by atoms with Crippen LogP contribution in [-0.4, -0.2) is 6.61 Å². The topological polar surface area (TPSA) is 60.4 Å². The first-order valence-electron chi connectivity index (χ1n) is 6.71. The van der Waals surface area contributed by atoms with Gasteiger partial charge in [-0.2, -0.15) is 0 Å². The van der Waals surface area contributed by atoms with Crippen molar-refractivity contribution < 1.29 is 9.15 Å². The maximum absolute atomic E-state index is 5.70. The second-order valence-electron chi connectivity index (χ2n) is 4.97. The molecular formula is C15H17BrN2O2. The molecule has 3 rings (SSSR count). The zero-order valence-electron chi connectivity index (χ0n) is 11.0. The van der Waals surface area contributed by atoms with E-state index in [4.69, 9.17) is 15.0 Å². The number of ether oxygens (including phenoxy) is 1. The molecule has 20 heavy (non-hydrogen) atoms. The molecule has 0 amide bonds. The molecule has 0 aliphatic carbocycles. The van der Waals surface area contributed by atoms with Gasteiger partial charge in [-0.05, 0) is 58.5 Å². The highest BCUT2D eigenvalue weighted by atomic mass is 79.9. The van der Waals surface area contributed by atoms with Crippen molar-refractivity contribution in [1.29, 1.82) is 0 Å². The summed E-state index contributed by atoms with van der Waals surface area (Å²) in [7, 11) is 0. The Hall–Kier alpha value is -1.30. The minimum Gasteiger partial charge on any atom is -0.493 e. The molecule has 106 valence electrons. The van der Waals surface area contributed by atoms with Crippen molar-refractivity contribution in [2.45, 2.75) is 24.8 Å². The number of nitrogens with one attached hydrogen (secondary N) is 1. The van der Waals surface area contributed by atoms with Gasteiger partial charge in [-0.1, -0.05) is 18.2 Å². The van der Waals surface area contributed by atoms with Gasteiger partial charge < -0.3 is 9.15 Å². The van der Waals surface area contributed by atoms with Crippen LogP contribution in [0.1, 0.15) is 36.1 Å². The van der Waals surface area contributed by atoms with E-state index in [0.717, 1.165) is 35.6 Å². The largest absolute Gasteiger partial charge is 0.493 e. The van der Waals surface area contributed by atoms with E-state index in [1.807, 2.05) is 24.3 Å². The Morgan fingerprint density at radius 1 is 1.30 bits per heavy atom. The van der Waals surface area contributed by atoms with Gasteiger partial charge in [0, 0.05) is 0 Å². The quantitative estimate of drug-likeness (QED) is 0.662. The molecule has 0 radical (unpaired) electrons. The summed E-state index contributed by atoms with van der Waals surface area (Å²) in [4.78, 5) is 0. The van der Waals surface area contributed by atoms with Gasteiger partial charge in [0.05, 0.1) is 12.6 Å². The van der Waals surface area contributed by atoms with Crippen LogP contribution in [0.4, 0.5) is 0 Å². The van der Waals surface area contributed by atoms with Crippen LogP contribution in [0.15, 0.2) is 45.5 Å². The molecule has 1 aromatic heterocycles. The number of hydrogen-bond acceptors (Lipinski definition) is 4. The molecule has 1 aliphatic heterocycles. The average Bonchev–Trinajstić information content (AvgIpc) is 2.91. The van der Waals surface area contributed by atoms with Crippen molar-refractivity contribution in [2.75, 3.05) is 6.61 Å². The van der Waals surface area contributed by atoms with Crippen LogP contribution in [0.5, 0.6) is 5.75 Å². The highest BCUT2D eigenvalue weighted by Gasteiger charge is 2.26. The van der Waals surface area contributed by atoms with Crippen LogP contribution in [-0.2, 0) is 0 Å². The van der Waals surface area contributed by atoms with Crippen molar-refractivity contribution in [3.05, 3.63) is 52.4 Å². The number of para-hydroxylation sites is 1. The van der Waals surface area contributed by atoms with Crippen LogP contribution >= 0.6 is 15.9 Å². The lowest BCUT2D eigenvalue weighted by Gasteiger charge is -2.28. The Kier molecular flexibility index (Phi) is 4.10. The van der Waals surface area contributed by atoms with Crippen molar-refractivity contribution in [1.82, 2.24) is 5.43 Å². The molecular weight excluding hydrogens is 320 g/mol. The molecule has 0 spiro atoms. The fraction of sp³-hybridized carbons (Fsp3) is 0.333. The predicted octanol–water partition coefficient (Wildman–Crippen LogP) is 3.50. The maximum Gasteiger partial charge on any atom is 0.169 e. The summed E-state index contributed by atoms with van der Waals surface area (Å²) in [6.45, 7) is 0.751. The van der Waals surface area contributed by atoms with Crippen molar-refractivity contribution >= 4 is 15.9 Å². The second-order valence-corrected chi connectivity index (χ2v) is 5.75. The van der Waals surface area contributed by atoms with Crippen LogP contribution in [0, 0.1) is 0 Å². The summed E-state index contributed by atoms with van der Waals surface area (Å²) in [5.74, 6) is 7.95. The monoisotopic (exact) mass is 336 g/mol. The Morgan fingerprint density at radius 3 is 2.90 bits per heavy atom. The van der Waals surface area contributed by atoms with Crippen LogP contribution in [0.2, 0.25) is 0 Å². The smallest absolute Gasteiger partial charge is 0.169 e. The molecule has 0 bridgehead atoms. The van der Waals surface area contributed by atoms with Crippen molar-refractivity contribution in [3.8, 4) is 5.75 Å². The highest BCUT2D eigenvalue weighted by Crippen LogP contribution is 2.39. The third-order valence-electron chi connectivity index (χ3n) is 3.74. The molecule has 0 saturated heterocycles. The molecule has 1 aromatic carbocycles. The first-order chi connectivity index (χ1) is 9.78. The number of hydrazine groups is 1. The van der Waals surface area contributed by atoms with Gasteiger partial charge in [0.1, 0.15) is 11.5 Å². The van der Waals surface area contributed by atoms with Gasteiger partial charge in [-0.15, -0.1) is 0 Å².